The molecule has 0 aromatic heterocycles. The van der Waals surface area contributed by atoms with Gasteiger partial charge in [-0.05, 0) is 46.1 Å². The second-order valence-corrected chi connectivity index (χ2v) is 6.74. The molecule has 1 aliphatic heterocycles. The van der Waals surface area contributed by atoms with E-state index in [1.807, 2.05) is 0 Å². The Morgan fingerprint density at radius 2 is 2.00 bits per heavy atom. The van der Waals surface area contributed by atoms with E-state index in [4.69, 9.17) is 9.73 Å². The minimum atomic E-state index is 0.633. The van der Waals surface area contributed by atoms with Crippen molar-refractivity contribution in [3.63, 3.8) is 0 Å². The van der Waals surface area contributed by atoms with Gasteiger partial charge in [-0.25, -0.2) is 0 Å². The Hall–Kier alpha value is -1.55. The summed E-state index contributed by atoms with van der Waals surface area (Å²) in [6.07, 6.45) is 2.19. The van der Waals surface area contributed by atoms with Crippen LogP contribution in [0.2, 0.25) is 0 Å². The van der Waals surface area contributed by atoms with E-state index in [9.17, 15) is 0 Å². The van der Waals surface area contributed by atoms with Crippen LogP contribution in [0.5, 0.6) is 0 Å². The third-order valence-electron chi connectivity index (χ3n) is 4.42. The summed E-state index contributed by atoms with van der Waals surface area (Å²) in [7, 11) is 0. The van der Waals surface area contributed by atoms with E-state index in [1.165, 1.54) is 23.1 Å². The van der Waals surface area contributed by atoms with Gasteiger partial charge < -0.3 is 15.0 Å². The first-order valence-electron chi connectivity index (χ1n) is 9.30. The molecule has 1 saturated heterocycles. The molecule has 0 spiro atoms. The van der Waals surface area contributed by atoms with Crippen molar-refractivity contribution in [1.29, 1.82) is 0 Å². The molecular formula is C20H33N3O. The molecule has 2 rings (SSSR count). The number of likely N-dealkylation sites (tertiary alicyclic amines) is 1. The largest absolute Gasteiger partial charge is 0.381 e. The SMILES string of the molecule is CCNC(=NCCc1cc(C)cc(C)c1)N1CCC(COCC)C1. The van der Waals surface area contributed by atoms with Crippen molar-refractivity contribution in [3.8, 4) is 0 Å². The van der Waals surface area contributed by atoms with E-state index < -0.39 is 0 Å². The Morgan fingerprint density at radius 3 is 2.67 bits per heavy atom. The second-order valence-electron chi connectivity index (χ2n) is 6.74. The van der Waals surface area contributed by atoms with E-state index >= 15 is 0 Å². The summed E-state index contributed by atoms with van der Waals surface area (Å²) in [4.78, 5) is 7.24. The molecule has 1 heterocycles. The van der Waals surface area contributed by atoms with Gasteiger partial charge in [0.05, 0.1) is 6.61 Å². The van der Waals surface area contributed by atoms with Crippen molar-refractivity contribution in [3.05, 3.63) is 34.9 Å². The fourth-order valence-corrected chi connectivity index (χ4v) is 3.38. The van der Waals surface area contributed by atoms with Gasteiger partial charge in [-0.15, -0.1) is 0 Å². The third kappa shape index (κ3) is 5.82. The lowest BCUT2D eigenvalue weighted by atomic mass is 10.1. The highest BCUT2D eigenvalue weighted by molar-refractivity contribution is 5.80. The zero-order valence-electron chi connectivity index (χ0n) is 15.8. The topological polar surface area (TPSA) is 36.9 Å². The number of nitrogens with one attached hydrogen (secondary N) is 1. The summed E-state index contributed by atoms with van der Waals surface area (Å²) in [6, 6.07) is 6.76. The maximum Gasteiger partial charge on any atom is 0.193 e. The second kappa shape index (κ2) is 9.67. The lowest BCUT2D eigenvalue weighted by Gasteiger charge is -2.21. The minimum absolute atomic E-state index is 0.633. The highest BCUT2D eigenvalue weighted by Crippen LogP contribution is 2.17. The van der Waals surface area contributed by atoms with Gasteiger partial charge in [0.15, 0.2) is 5.96 Å². The lowest BCUT2D eigenvalue weighted by Crippen LogP contribution is -2.40. The van der Waals surface area contributed by atoms with Gasteiger partial charge in [-0.3, -0.25) is 4.99 Å². The first-order valence-corrected chi connectivity index (χ1v) is 9.30. The number of rotatable bonds is 7. The fourth-order valence-electron chi connectivity index (χ4n) is 3.38. The summed E-state index contributed by atoms with van der Waals surface area (Å²) >= 11 is 0. The van der Waals surface area contributed by atoms with Gasteiger partial charge >= 0.3 is 0 Å². The van der Waals surface area contributed by atoms with Crippen LogP contribution in [0.1, 0.15) is 37.0 Å². The summed E-state index contributed by atoms with van der Waals surface area (Å²) in [5.41, 5.74) is 4.04. The maximum atomic E-state index is 5.58. The fraction of sp³-hybridized carbons (Fsp3) is 0.650. The first kappa shape index (κ1) is 18.8. The monoisotopic (exact) mass is 331 g/mol. The summed E-state index contributed by atoms with van der Waals surface area (Å²) in [5.74, 6) is 1.69. The van der Waals surface area contributed by atoms with Crippen LogP contribution in [0.25, 0.3) is 0 Å². The van der Waals surface area contributed by atoms with Crippen molar-refractivity contribution >= 4 is 5.96 Å². The zero-order valence-corrected chi connectivity index (χ0v) is 15.8. The van der Waals surface area contributed by atoms with Gasteiger partial charge in [0.25, 0.3) is 0 Å². The van der Waals surface area contributed by atoms with Crippen molar-refractivity contribution < 1.29 is 4.74 Å². The molecular weight excluding hydrogens is 298 g/mol. The molecule has 0 bridgehead atoms. The molecule has 1 unspecified atom stereocenters. The molecule has 1 fully saturated rings. The number of hydrogen-bond donors (Lipinski definition) is 1. The van der Waals surface area contributed by atoms with Crippen molar-refractivity contribution in [2.75, 3.05) is 39.4 Å². The first-order chi connectivity index (χ1) is 11.6. The predicted octanol–water partition coefficient (Wildman–Crippen LogP) is 3.17. The predicted molar refractivity (Wildman–Crippen MR) is 102 cm³/mol. The highest BCUT2D eigenvalue weighted by atomic mass is 16.5. The van der Waals surface area contributed by atoms with E-state index in [-0.39, 0.29) is 0 Å². The average molecular weight is 332 g/mol. The van der Waals surface area contributed by atoms with Crippen molar-refractivity contribution in [1.82, 2.24) is 10.2 Å². The zero-order chi connectivity index (χ0) is 17.4. The number of aryl methyl sites for hydroxylation is 2. The van der Waals surface area contributed by atoms with Crippen LogP contribution in [0.4, 0.5) is 0 Å². The molecule has 24 heavy (non-hydrogen) atoms. The van der Waals surface area contributed by atoms with E-state index in [0.29, 0.717) is 5.92 Å². The summed E-state index contributed by atoms with van der Waals surface area (Å²) < 4.78 is 5.58. The molecule has 0 amide bonds. The average Bonchev–Trinajstić information content (AvgIpc) is 3.00. The van der Waals surface area contributed by atoms with Crippen LogP contribution in [0, 0.1) is 19.8 Å². The Bertz CT molecular complexity index is 521. The van der Waals surface area contributed by atoms with Crippen LogP contribution in [-0.2, 0) is 11.2 Å². The molecule has 0 aliphatic carbocycles. The smallest absolute Gasteiger partial charge is 0.193 e. The molecule has 1 aliphatic rings. The molecule has 4 heteroatoms. The molecule has 1 atom stereocenters. The van der Waals surface area contributed by atoms with Gasteiger partial charge in [0.1, 0.15) is 0 Å². The molecule has 134 valence electrons. The van der Waals surface area contributed by atoms with Crippen LogP contribution in [0.3, 0.4) is 0 Å². The molecule has 1 N–H and O–H groups in total. The lowest BCUT2D eigenvalue weighted by molar-refractivity contribution is 0.114. The van der Waals surface area contributed by atoms with Crippen molar-refractivity contribution in [2.24, 2.45) is 10.9 Å². The number of aliphatic imine (C=N–C) groups is 1. The Labute approximate surface area is 147 Å². The summed E-state index contributed by atoms with van der Waals surface area (Å²) in [5, 5.41) is 3.45. The molecule has 4 nitrogen and oxygen atoms in total. The Balaban J connectivity index is 1.91. The van der Waals surface area contributed by atoms with Gasteiger partial charge in [0, 0.05) is 38.7 Å². The highest BCUT2D eigenvalue weighted by Gasteiger charge is 2.24. The Kier molecular flexibility index (Phi) is 7.57. The van der Waals surface area contributed by atoms with E-state index in [0.717, 1.165) is 51.8 Å². The number of guanidine groups is 1. The number of hydrogen-bond acceptors (Lipinski definition) is 2. The standard InChI is InChI=1S/C20H33N3O/c1-5-21-20(23-10-8-19(14-23)15-24-6-2)22-9-7-18-12-16(3)11-17(4)13-18/h11-13,19H,5-10,14-15H2,1-4H3,(H,21,22). The number of benzene rings is 1. The molecule has 0 radical (unpaired) electrons. The Morgan fingerprint density at radius 1 is 1.25 bits per heavy atom. The minimum Gasteiger partial charge on any atom is -0.381 e. The quantitative estimate of drug-likeness (QED) is 0.616. The maximum absolute atomic E-state index is 5.58. The van der Waals surface area contributed by atoms with Gasteiger partial charge in [-0.2, -0.15) is 0 Å². The van der Waals surface area contributed by atoms with Crippen LogP contribution >= 0.6 is 0 Å². The summed E-state index contributed by atoms with van der Waals surface area (Å²) in [6.45, 7) is 14.1. The van der Waals surface area contributed by atoms with E-state index in [1.54, 1.807) is 0 Å². The van der Waals surface area contributed by atoms with Crippen LogP contribution in [-0.4, -0.2) is 50.3 Å². The molecule has 1 aromatic carbocycles. The number of ether oxygens (including phenoxy) is 1. The van der Waals surface area contributed by atoms with Crippen molar-refractivity contribution in [2.45, 2.75) is 40.5 Å². The normalized spacial score (nSPS) is 18.2. The van der Waals surface area contributed by atoms with Gasteiger partial charge in [-0.1, -0.05) is 29.3 Å². The third-order valence-corrected chi connectivity index (χ3v) is 4.42. The van der Waals surface area contributed by atoms with Crippen LogP contribution in [0.15, 0.2) is 23.2 Å². The number of nitrogens with zero attached hydrogens (tertiary/aromatic N) is 2. The molecule has 1 aromatic rings. The molecule has 0 saturated carbocycles. The van der Waals surface area contributed by atoms with Crippen LogP contribution < -0.4 is 5.32 Å². The van der Waals surface area contributed by atoms with E-state index in [2.05, 4.69) is 56.1 Å². The van der Waals surface area contributed by atoms with Gasteiger partial charge in [0.2, 0.25) is 0 Å².